The molecule has 0 aromatic heterocycles. The van der Waals surface area contributed by atoms with Crippen molar-refractivity contribution in [2.45, 2.75) is 19.6 Å². The van der Waals surface area contributed by atoms with Gasteiger partial charge in [0.25, 0.3) is 0 Å². The standard InChI is InChI=1S/C6H13IOSi/c1-9(2,3)5-6(7)4-8/h5,8H,4H2,1-3H3. The van der Waals surface area contributed by atoms with E-state index in [4.69, 9.17) is 5.11 Å². The Morgan fingerprint density at radius 1 is 1.56 bits per heavy atom. The number of aliphatic hydroxyl groups excluding tert-OH is 1. The largest absolute Gasteiger partial charge is 0.391 e. The van der Waals surface area contributed by atoms with E-state index in [9.17, 15) is 0 Å². The van der Waals surface area contributed by atoms with Crippen molar-refractivity contribution in [1.29, 1.82) is 0 Å². The Morgan fingerprint density at radius 2 is 2.00 bits per heavy atom. The molecular formula is C6H13IOSi. The van der Waals surface area contributed by atoms with Gasteiger partial charge in [-0.3, -0.25) is 0 Å². The fraction of sp³-hybridized carbons (Fsp3) is 0.667. The molecule has 0 saturated carbocycles. The van der Waals surface area contributed by atoms with Gasteiger partial charge in [-0.1, -0.05) is 25.3 Å². The summed E-state index contributed by atoms with van der Waals surface area (Å²) in [5, 5.41) is 8.64. The third kappa shape index (κ3) is 6.53. The molecule has 3 heteroatoms. The van der Waals surface area contributed by atoms with E-state index in [1.807, 2.05) is 0 Å². The average Bonchev–Trinajstić information content (AvgIpc) is 1.62. The molecule has 9 heavy (non-hydrogen) atoms. The van der Waals surface area contributed by atoms with Gasteiger partial charge in [0.1, 0.15) is 0 Å². The van der Waals surface area contributed by atoms with Crippen LogP contribution in [0.1, 0.15) is 0 Å². The predicted octanol–water partition coefficient (Wildman–Crippen LogP) is 2.18. The number of hydrogen-bond donors (Lipinski definition) is 1. The lowest BCUT2D eigenvalue weighted by molar-refractivity contribution is 0.341. The zero-order valence-electron chi connectivity index (χ0n) is 6.11. The molecule has 0 aromatic carbocycles. The van der Waals surface area contributed by atoms with Gasteiger partial charge in [0.15, 0.2) is 0 Å². The van der Waals surface area contributed by atoms with Crippen LogP contribution in [0.4, 0.5) is 0 Å². The highest BCUT2D eigenvalue weighted by molar-refractivity contribution is 14.1. The molecule has 0 saturated heterocycles. The van der Waals surface area contributed by atoms with Crippen molar-refractivity contribution >= 4 is 30.7 Å². The minimum absolute atomic E-state index is 0.199. The normalized spacial score (nSPS) is 14.1. The van der Waals surface area contributed by atoms with E-state index in [1.165, 1.54) is 0 Å². The third-order valence-electron chi connectivity index (χ3n) is 0.741. The van der Waals surface area contributed by atoms with Crippen molar-refractivity contribution in [2.75, 3.05) is 6.61 Å². The molecule has 0 bridgehead atoms. The van der Waals surface area contributed by atoms with E-state index in [2.05, 4.69) is 47.9 Å². The SMILES string of the molecule is C[Si](C)(C)C=C(I)CO. The maximum absolute atomic E-state index is 8.64. The molecule has 0 amide bonds. The Bertz CT molecular complexity index is 115. The number of hydrogen-bond acceptors (Lipinski definition) is 1. The molecule has 0 aliphatic heterocycles. The van der Waals surface area contributed by atoms with Gasteiger partial charge >= 0.3 is 0 Å². The van der Waals surface area contributed by atoms with E-state index < -0.39 is 8.07 Å². The third-order valence-corrected chi connectivity index (χ3v) is 3.20. The summed E-state index contributed by atoms with van der Waals surface area (Å²) in [7, 11) is -1.07. The molecule has 0 aliphatic carbocycles. The van der Waals surface area contributed by atoms with E-state index in [0.717, 1.165) is 3.58 Å². The highest BCUT2D eigenvalue weighted by Gasteiger charge is 2.08. The molecule has 0 aliphatic rings. The number of halogens is 1. The summed E-state index contributed by atoms with van der Waals surface area (Å²) < 4.78 is 1.08. The molecule has 0 unspecified atom stereocenters. The van der Waals surface area contributed by atoms with Gasteiger partial charge in [-0.25, -0.2) is 0 Å². The molecule has 0 spiro atoms. The molecule has 0 radical (unpaired) electrons. The molecule has 1 nitrogen and oxygen atoms in total. The summed E-state index contributed by atoms with van der Waals surface area (Å²) in [6.07, 6.45) is 0. The van der Waals surface area contributed by atoms with Gasteiger partial charge in [-0.15, -0.1) is 0 Å². The first-order chi connectivity index (χ1) is 3.95. The fourth-order valence-electron chi connectivity index (χ4n) is 0.515. The van der Waals surface area contributed by atoms with Gasteiger partial charge in [0, 0.05) is 3.58 Å². The van der Waals surface area contributed by atoms with Gasteiger partial charge in [0.05, 0.1) is 14.7 Å². The summed E-state index contributed by atoms with van der Waals surface area (Å²) in [5.74, 6) is 0. The van der Waals surface area contributed by atoms with Gasteiger partial charge in [-0.2, -0.15) is 0 Å². The lowest BCUT2D eigenvalue weighted by Gasteiger charge is -2.09. The minimum Gasteiger partial charge on any atom is -0.391 e. The summed E-state index contributed by atoms with van der Waals surface area (Å²) in [6.45, 7) is 6.95. The summed E-state index contributed by atoms with van der Waals surface area (Å²) in [5.41, 5.74) is 2.20. The van der Waals surface area contributed by atoms with Crippen LogP contribution < -0.4 is 0 Å². The maximum Gasteiger partial charge on any atom is 0.0731 e. The molecule has 54 valence electrons. The summed E-state index contributed by atoms with van der Waals surface area (Å²) in [4.78, 5) is 0. The van der Waals surface area contributed by atoms with Crippen molar-refractivity contribution in [3.8, 4) is 0 Å². The van der Waals surface area contributed by atoms with Crippen molar-refractivity contribution < 1.29 is 5.11 Å². The molecule has 0 fully saturated rings. The Labute approximate surface area is 71.3 Å². The van der Waals surface area contributed by atoms with E-state index >= 15 is 0 Å². The molecular weight excluding hydrogens is 243 g/mol. The fourth-order valence-corrected chi connectivity index (χ4v) is 4.35. The second-order valence-corrected chi connectivity index (χ2v) is 9.52. The van der Waals surface area contributed by atoms with Crippen LogP contribution in [-0.4, -0.2) is 19.8 Å². The average molecular weight is 256 g/mol. The summed E-state index contributed by atoms with van der Waals surface area (Å²) >= 11 is 2.18. The van der Waals surface area contributed by atoms with Crippen LogP contribution in [-0.2, 0) is 0 Å². The Balaban J connectivity index is 3.95. The van der Waals surface area contributed by atoms with Crippen LogP contribution in [0, 0.1) is 0 Å². The van der Waals surface area contributed by atoms with Gasteiger partial charge in [-0.05, 0) is 22.6 Å². The van der Waals surface area contributed by atoms with Crippen molar-refractivity contribution in [3.63, 3.8) is 0 Å². The Kier molecular flexibility index (Phi) is 4.00. The molecule has 0 aromatic rings. The predicted molar refractivity (Wildman–Crippen MR) is 52.5 cm³/mol. The first kappa shape index (κ1) is 9.65. The van der Waals surface area contributed by atoms with Crippen LogP contribution in [0.15, 0.2) is 9.28 Å². The van der Waals surface area contributed by atoms with Crippen LogP contribution in [0.25, 0.3) is 0 Å². The van der Waals surface area contributed by atoms with Crippen molar-refractivity contribution in [1.82, 2.24) is 0 Å². The zero-order valence-corrected chi connectivity index (χ0v) is 9.27. The number of aliphatic hydroxyl groups is 1. The molecule has 0 rings (SSSR count). The summed E-state index contributed by atoms with van der Waals surface area (Å²) in [6, 6.07) is 0. The Hall–Kier alpha value is 0.647. The first-order valence-electron chi connectivity index (χ1n) is 2.94. The van der Waals surface area contributed by atoms with Crippen LogP contribution in [0.5, 0.6) is 0 Å². The lowest BCUT2D eigenvalue weighted by Crippen LogP contribution is -2.16. The van der Waals surface area contributed by atoms with Gasteiger partial charge in [0.2, 0.25) is 0 Å². The van der Waals surface area contributed by atoms with Crippen LogP contribution >= 0.6 is 22.6 Å². The molecule has 0 atom stereocenters. The van der Waals surface area contributed by atoms with Crippen molar-refractivity contribution in [2.24, 2.45) is 0 Å². The minimum atomic E-state index is -1.07. The number of rotatable bonds is 2. The topological polar surface area (TPSA) is 20.2 Å². The quantitative estimate of drug-likeness (QED) is 0.593. The maximum atomic E-state index is 8.64. The van der Waals surface area contributed by atoms with Crippen LogP contribution in [0.2, 0.25) is 19.6 Å². The van der Waals surface area contributed by atoms with Gasteiger partial charge < -0.3 is 5.11 Å². The monoisotopic (exact) mass is 256 g/mol. The second kappa shape index (κ2) is 3.73. The van der Waals surface area contributed by atoms with Crippen molar-refractivity contribution in [3.05, 3.63) is 9.28 Å². The van der Waals surface area contributed by atoms with E-state index in [0.29, 0.717) is 0 Å². The van der Waals surface area contributed by atoms with E-state index in [-0.39, 0.29) is 6.61 Å². The lowest BCUT2D eigenvalue weighted by atomic mass is 10.7. The molecule has 1 N–H and O–H groups in total. The first-order valence-corrected chi connectivity index (χ1v) is 7.59. The smallest absolute Gasteiger partial charge is 0.0731 e. The van der Waals surface area contributed by atoms with E-state index in [1.54, 1.807) is 0 Å². The van der Waals surface area contributed by atoms with Crippen LogP contribution in [0.3, 0.4) is 0 Å². The molecule has 0 heterocycles. The highest BCUT2D eigenvalue weighted by atomic mass is 127. The second-order valence-electron chi connectivity index (χ2n) is 3.12. The Morgan fingerprint density at radius 3 is 2.11 bits per heavy atom. The highest BCUT2D eigenvalue weighted by Crippen LogP contribution is 2.11. The zero-order chi connectivity index (χ0) is 7.49.